The molecule has 1 aromatic rings. The number of carbonyl (C=O) groups is 1. The van der Waals surface area contributed by atoms with Gasteiger partial charge in [0.1, 0.15) is 0 Å². The van der Waals surface area contributed by atoms with Crippen LogP contribution in [0.5, 0.6) is 0 Å². The van der Waals surface area contributed by atoms with E-state index in [4.69, 9.17) is 27.9 Å². The van der Waals surface area contributed by atoms with E-state index >= 15 is 0 Å². The number of rotatable bonds is 9. The van der Waals surface area contributed by atoms with Crippen LogP contribution < -0.4 is 5.32 Å². The van der Waals surface area contributed by atoms with Gasteiger partial charge in [0.25, 0.3) is 0 Å². The largest absolute Gasteiger partial charge is 0.382 e. The van der Waals surface area contributed by atoms with Gasteiger partial charge in [0, 0.05) is 35.6 Å². The van der Waals surface area contributed by atoms with Gasteiger partial charge in [0.2, 0.25) is 5.91 Å². The van der Waals surface area contributed by atoms with Crippen LogP contribution in [0, 0.1) is 0 Å². The second-order valence-corrected chi connectivity index (χ2v) is 6.64. The van der Waals surface area contributed by atoms with Gasteiger partial charge >= 0.3 is 0 Å². The summed E-state index contributed by atoms with van der Waals surface area (Å²) in [7, 11) is 0. The van der Waals surface area contributed by atoms with Crippen molar-refractivity contribution in [1.82, 2.24) is 5.32 Å². The van der Waals surface area contributed by atoms with Crippen LogP contribution in [0.2, 0.25) is 10.0 Å². The molecule has 1 atom stereocenters. The van der Waals surface area contributed by atoms with E-state index < -0.39 is 0 Å². The second kappa shape index (κ2) is 10.3. The molecule has 0 fully saturated rings. The van der Waals surface area contributed by atoms with Crippen molar-refractivity contribution >= 4 is 40.9 Å². The van der Waals surface area contributed by atoms with Gasteiger partial charge in [-0.2, -0.15) is 0 Å². The van der Waals surface area contributed by atoms with Crippen molar-refractivity contribution in [2.45, 2.75) is 31.3 Å². The van der Waals surface area contributed by atoms with Crippen LogP contribution in [0.15, 0.2) is 18.2 Å². The Morgan fingerprint density at radius 2 is 2.05 bits per heavy atom. The first-order chi connectivity index (χ1) is 10.1. The van der Waals surface area contributed by atoms with E-state index in [9.17, 15) is 4.79 Å². The van der Waals surface area contributed by atoms with E-state index in [1.807, 2.05) is 32.0 Å². The van der Waals surface area contributed by atoms with Crippen molar-refractivity contribution in [3.63, 3.8) is 0 Å². The number of hydrogen-bond donors (Lipinski definition) is 1. The minimum Gasteiger partial charge on any atom is -0.382 e. The number of thioether (sulfide) groups is 1. The molecule has 0 aliphatic heterocycles. The molecular formula is C15H21Cl2NO2S. The van der Waals surface area contributed by atoms with Crippen molar-refractivity contribution in [2.75, 3.05) is 19.8 Å². The molecule has 6 heteroatoms. The molecule has 0 radical (unpaired) electrons. The van der Waals surface area contributed by atoms with Gasteiger partial charge in [0.15, 0.2) is 0 Å². The Morgan fingerprint density at radius 1 is 1.38 bits per heavy atom. The van der Waals surface area contributed by atoms with Crippen molar-refractivity contribution in [1.29, 1.82) is 0 Å². The minimum atomic E-state index is -0.149. The molecule has 0 heterocycles. The van der Waals surface area contributed by atoms with Crippen LogP contribution in [0.25, 0.3) is 0 Å². The van der Waals surface area contributed by atoms with Crippen LogP contribution in [0.4, 0.5) is 0 Å². The fraction of sp³-hybridized carbons (Fsp3) is 0.533. The fourth-order valence-corrected chi connectivity index (χ4v) is 3.28. The normalized spacial score (nSPS) is 12.2. The summed E-state index contributed by atoms with van der Waals surface area (Å²) in [5, 5.41) is 4.03. The zero-order chi connectivity index (χ0) is 15.7. The number of ether oxygens (including phenoxy) is 1. The molecule has 0 aliphatic rings. The highest BCUT2D eigenvalue weighted by atomic mass is 35.5. The van der Waals surface area contributed by atoms with E-state index in [2.05, 4.69) is 5.32 Å². The highest BCUT2D eigenvalue weighted by Crippen LogP contribution is 2.29. The Kier molecular flexibility index (Phi) is 9.16. The molecule has 0 aromatic heterocycles. The Morgan fingerprint density at radius 3 is 2.67 bits per heavy atom. The van der Waals surface area contributed by atoms with E-state index in [0.29, 0.717) is 35.6 Å². The van der Waals surface area contributed by atoms with Gasteiger partial charge in [-0.05, 0) is 38.0 Å². The molecule has 1 amide bonds. The molecule has 1 rings (SSSR count). The van der Waals surface area contributed by atoms with Gasteiger partial charge in [-0.15, -0.1) is 11.8 Å². The first kappa shape index (κ1) is 18.6. The lowest BCUT2D eigenvalue weighted by molar-refractivity contribution is -0.120. The molecule has 1 unspecified atom stereocenters. The first-order valence-corrected chi connectivity index (χ1v) is 8.76. The zero-order valence-electron chi connectivity index (χ0n) is 12.3. The molecule has 21 heavy (non-hydrogen) atoms. The predicted molar refractivity (Wildman–Crippen MR) is 91.3 cm³/mol. The lowest BCUT2D eigenvalue weighted by Gasteiger charge is -2.13. The third kappa shape index (κ3) is 6.92. The van der Waals surface area contributed by atoms with Gasteiger partial charge < -0.3 is 10.1 Å². The Hall–Kier alpha value is -0.420. The Balaban J connectivity index is 2.32. The molecule has 0 bridgehead atoms. The highest BCUT2D eigenvalue weighted by Gasteiger charge is 2.14. The van der Waals surface area contributed by atoms with Crippen LogP contribution in [0.1, 0.15) is 25.8 Å². The number of amides is 1. The summed E-state index contributed by atoms with van der Waals surface area (Å²) in [6.07, 6.45) is 0.827. The molecule has 0 aliphatic carbocycles. The van der Waals surface area contributed by atoms with Crippen molar-refractivity contribution in [3.8, 4) is 0 Å². The van der Waals surface area contributed by atoms with E-state index in [0.717, 1.165) is 12.0 Å². The van der Waals surface area contributed by atoms with Gasteiger partial charge in [-0.3, -0.25) is 4.79 Å². The maximum Gasteiger partial charge on any atom is 0.232 e. The first-order valence-electron chi connectivity index (χ1n) is 6.96. The monoisotopic (exact) mass is 349 g/mol. The van der Waals surface area contributed by atoms with Crippen LogP contribution in [-0.2, 0) is 15.3 Å². The maximum absolute atomic E-state index is 11.9. The van der Waals surface area contributed by atoms with Crippen molar-refractivity contribution in [2.24, 2.45) is 0 Å². The van der Waals surface area contributed by atoms with Crippen molar-refractivity contribution in [3.05, 3.63) is 33.8 Å². The Labute approximate surface area is 140 Å². The summed E-state index contributed by atoms with van der Waals surface area (Å²) in [5.41, 5.74) is 0.877. The minimum absolute atomic E-state index is 0.0275. The molecule has 0 spiro atoms. The summed E-state index contributed by atoms with van der Waals surface area (Å²) in [6.45, 7) is 5.85. The molecule has 1 aromatic carbocycles. The maximum atomic E-state index is 11.9. The summed E-state index contributed by atoms with van der Waals surface area (Å²) >= 11 is 13.7. The smallest absolute Gasteiger partial charge is 0.232 e. The number of benzene rings is 1. The standard InChI is InChI=1S/C15H21Cl2NO2S/c1-3-20-9-5-8-18-15(19)11(2)21-10-12-13(16)6-4-7-14(12)17/h4,6-7,11H,3,5,8-10H2,1-2H3,(H,18,19). The van der Waals surface area contributed by atoms with Crippen LogP contribution in [0.3, 0.4) is 0 Å². The number of hydrogen-bond acceptors (Lipinski definition) is 3. The molecule has 1 N–H and O–H groups in total. The van der Waals surface area contributed by atoms with Crippen LogP contribution in [-0.4, -0.2) is 30.9 Å². The molecular weight excluding hydrogens is 329 g/mol. The zero-order valence-corrected chi connectivity index (χ0v) is 14.7. The third-order valence-corrected chi connectivity index (χ3v) is 4.76. The molecule has 0 saturated carbocycles. The van der Waals surface area contributed by atoms with E-state index in [-0.39, 0.29) is 11.2 Å². The third-order valence-electron chi connectivity index (χ3n) is 2.88. The van der Waals surface area contributed by atoms with E-state index in [1.54, 1.807) is 0 Å². The lowest BCUT2D eigenvalue weighted by atomic mass is 10.2. The summed E-state index contributed by atoms with van der Waals surface area (Å²) in [5.74, 6) is 0.645. The highest BCUT2D eigenvalue weighted by molar-refractivity contribution is 7.99. The second-order valence-electron chi connectivity index (χ2n) is 4.49. The predicted octanol–water partition coefficient (Wildman–Crippen LogP) is 4.16. The van der Waals surface area contributed by atoms with Gasteiger partial charge in [0.05, 0.1) is 5.25 Å². The summed E-state index contributed by atoms with van der Waals surface area (Å²) in [4.78, 5) is 11.9. The number of carbonyl (C=O) groups excluding carboxylic acids is 1. The average Bonchev–Trinajstić information content (AvgIpc) is 2.46. The van der Waals surface area contributed by atoms with E-state index in [1.165, 1.54) is 11.8 Å². The van der Waals surface area contributed by atoms with Crippen molar-refractivity contribution < 1.29 is 9.53 Å². The topological polar surface area (TPSA) is 38.3 Å². The average molecular weight is 350 g/mol. The van der Waals surface area contributed by atoms with Gasteiger partial charge in [-0.25, -0.2) is 0 Å². The quantitative estimate of drug-likeness (QED) is 0.680. The SMILES string of the molecule is CCOCCCNC(=O)C(C)SCc1c(Cl)cccc1Cl. The molecule has 0 saturated heterocycles. The summed E-state index contributed by atoms with van der Waals surface area (Å²) < 4.78 is 5.22. The number of halogens is 2. The number of nitrogens with one attached hydrogen (secondary N) is 1. The lowest BCUT2D eigenvalue weighted by Crippen LogP contribution is -2.32. The molecule has 3 nitrogen and oxygen atoms in total. The summed E-state index contributed by atoms with van der Waals surface area (Å²) in [6, 6.07) is 5.43. The van der Waals surface area contributed by atoms with Gasteiger partial charge in [-0.1, -0.05) is 29.3 Å². The Bertz CT molecular complexity index is 437. The van der Waals surface area contributed by atoms with Crippen LogP contribution >= 0.6 is 35.0 Å². The fourth-order valence-electron chi connectivity index (χ4n) is 1.63. The molecule has 118 valence electrons.